The van der Waals surface area contributed by atoms with Gasteiger partial charge in [0.15, 0.2) is 5.75 Å². The molecule has 1 aliphatic carbocycles. The zero-order chi connectivity index (χ0) is 19.5. The van der Waals surface area contributed by atoms with Crippen LogP contribution in [0, 0.1) is 5.92 Å². The van der Waals surface area contributed by atoms with Crippen molar-refractivity contribution in [2.45, 2.75) is 51.5 Å². The monoisotopic (exact) mass is 385 g/mol. The first-order chi connectivity index (χ1) is 13.6. The van der Waals surface area contributed by atoms with Crippen molar-refractivity contribution in [1.82, 2.24) is 14.9 Å². The van der Waals surface area contributed by atoms with Crippen LogP contribution in [0.2, 0.25) is 0 Å². The van der Waals surface area contributed by atoms with E-state index in [1.807, 2.05) is 12.1 Å². The largest absolute Gasteiger partial charge is 0.410 e. The maximum Gasteiger partial charge on any atom is 0.410 e. The molecule has 2 aromatic rings. The highest BCUT2D eigenvalue weighted by Crippen LogP contribution is 2.31. The molecule has 1 aliphatic heterocycles. The number of aromatic nitrogens is 2. The molecule has 7 nitrogen and oxygen atoms in total. The number of H-pyrrole nitrogens is 1. The quantitative estimate of drug-likeness (QED) is 0.822. The van der Waals surface area contributed by atoms with E-state index in [0.29, 0.717) is 11.3 Å². The summed E-state index contributed by atoms with van der Waals surface area (Å²) in [6.45, 7) is 6.36. The average Bonchev–Trinajstić information content (AvgIpc) is 3.14. The van der Waals surface area contributed by atoms with E-state index in [9.17, 15) is 4.79 Å². The van der Waals surface area contributed by atoms with Gasteiger partial charge in [-0.3, -0.25) is 4.90 Å². The fraction of sp³-hybridized carbons (Fsp3) is 0.619. The van der Waals surface area contributed by atoms with Crippen molar-refractivity contribution in [3.8, 4) is 5.75 Å². The van der Waals surface area contributed by atoms with Gasteiger partial charge < -0.3 is 20.4 Å². The number of piperazine rings is 1. The lowest BCUT2D eigenvalue weighted by Crippen LogP contribution is -2.51. The molecular weight excluding hydrogens is 354 g/mol. The summed E-state index contributed by atoms with van der Waals surface area (Å²) in [6, 6.07) is 6.23. The van der Waals surface area contributed by atoms with Gasteiger partial charge in [0.25, 0.3) is 0 Å². The fourth-order valence-corrected chi connectivity index (χ4v) is 4.84. The Morgan fingerprint density at radius 1 is 1.21 bits per heavy atom. The molecule has 2 heterocycles. The van der Waals surface area contributed by atoms with Crippen LogP contribution in [0.4, 0.5) is 10.7 Å². The van der Waals surface area contributed by atoms with E-state index in [-0.39, 0.29) is 0 Å². The molecule has 0 atom stereocenters. The number of nitrogens with two attached hydrogens (primary N) is 1. The number of primary amides is 1. The number of hydrogen-bond acceptors (Lipinski definition) is 5. The van der Waals surface area contributed by atoms with E-state index < -0.39 is 6.09 Å². The van der Waals surface area contributed by atoms with E-state index in [1.54, 1.807) is 6.07 Å². The lowest BCUT2D eigenvalue weighted by atomic mass is 9.83. The number of carbonyl (C=O) groups is 1. The molecule has 1 amide bonds. The molecule has 1 saturated heterocycles. The molecule has 1 aromatic carbocycles. The Labute approximate surface area is 166 Å². The summed E-state index contributed by atoms with van der Waals surface area (Å²) in [4.78, 5) is 24.1. The Morgan fingerprint density at radius 3 is 2.64 bits per heavy atom. The van der Waals surface area contributed by atoms with Gasteiger partial charge in [-0.1, -0.05) is 25.8 Å². The molecule has 28 heavy (non-hydrogen) atoms. The zero-order valence-corrected chi connectivity index (χ0v) is 16.7. The van der Waals surface area contributed by atoms with Gasteiger partial charge in [0.2, 0.25) is 5.95 Å². The summed E-state index contributed by atoms with van der Waals surface area (Å²) in [5, 5.41) is 0. The summed E-state index contributed by atoms with van der Waals surface area (Å²) in [5.41, 5.74) is 6.66. The van der Waals surface area contributed by atoms with E-state index in [4.69, 9.17) is 10.5 Å². The minimum Gasteiger partial charge on any atom is -0.408 e. The van der Waals surface area contributed by atoms with Crippen LogP contribution >= 0.6 is 0 Å². The molecule has 2 fully saturated rings. The van der Waals surface area contributed by atoms with E-state index in [0.717, 1.165) is 49.6 Å². The molecule has 3 N–H and O–H groups in total. The van der Waals surface area contributed by atoms with Crippen LogP contribution in [0.25, 0.3) is 11.0 Å². The van der Waals surface area contributed by atoms with Crippen molar-refractivity contribution in [2.24, 2.45) is 11.7 Å². The highest BCUT2D eigenvalue weighted by molar-refractivity contribution is 5.86. The second-order valence-electron chi connectivity index (χ2n) is 8.12. The minimum atomic E-state index is -0.820. The number of hydrogen-bond donors (Lipinski definition) is 2. The first-order valence-corrected chi connectivity index (χ1v) is 10.6. The summed E-state index contributed by atoms with van der Waals surface area (Å²) < 4.78 is 5.08. The van der Waals surface area contributed by atoms with Crippen molar-refractivity contribution in [2.75, 3.05) is 31.1 Å². The van der Waals surface area contributed by atoms with Crippen LogP contribution < -0.4 is 15.4 Å². The topological polar surface area (TPSA) is 87.5 Å². The van der Waals surface area contributed by atoms with Gasteiger partial charge in [-0.2, -0.15) is 0 Å². The number of benzene rings is 1. The second kappa shape index (κ2) is 8.39. The Morgan fingerprint density at radius 2 is 1.96 bits per heavy atom. The molecule has 0 radical (unpaired) electrons. The number of ether oxygens (including phenoxy) is 1. The smallest absolute Gasteiger partial charge is 0.408 e. The van der Waals surface area contributed by atoms with Crippen LogP contribution in [-0.2, 0) is 0 Å². The number of imidazole rings is 1. The molecule has 4 rings (SSSR count). The van der Waals surface area contributed by atoms with E-state index in [2.05, 4.69) is 26.7 Å². The fourth-order valence-electron chi connectivity index (χ4n) is 4.84. The molecule has 1 aromatic heterocycles. The molecule has 7 heteroatoms. The molecule has 0 spiro atoms. The Kier molecular flexibility index (Phi) is 5.71. The second-order valence-corrected chi connectivity index (χ2v) is 8.12. The normalized spacial score (nSPS) is 23.8. The summed E-state index contributed by atoms with van der Waals surface area (Å²) in [6.07, 6.45) is 7.38. The van der Waals surface area contributed by atoms with E-state index in [1.165, 1.54) is 38.5 Å². The van der Waals surface area contributed by atoms with Crippen molar-refractivity contribution in [3.63, 3.8) is 0 Å². The third-order valence-corrected chi connectivity index (χ3v) is 6.32. The summed E-state index contributed by atoms with van der Waals surface area (Å²) in [7, 11) is 0. The van der Waals surface area contributed by atoms with Crippen LogP contribution in [0.1, 0.15) is 45.4 Å². The number of carbonyl (C=O) groups excluding carboxylic acids is 1. The minimum absolute atomic E-state index is 0.398. The number of rotatable bonds is 5. The number of para-hydroxylation sites is 1. The number of nitrogens with one attached hydrogen (secondary N) is 1. The van der Waals surface area contributed by atoms with Crippen molar-refractivity contribution < 1.29 is 9.53 Å². The Hall–Kier alpha value is -2.28. The lowest BCUT2D eigenvalue weighted by Gasteiger charge is -2.42. The third-order valence-electron chi connectivity index (χ3n) is 6.32. The van der Waals surface area contributed by atoms with Gasteiger partial charge in [-0.15, -0.1) is 0 Å². The molecular formula is C21H31N5O2. The highest BCUT2D eigenvalue weighted by atomic mass is 16.5. The van der Waals surface area contributed by atoms with Crippen LogP contribution in [-0.4, -0.2) is 53.2 Å². The predicted octanol–water partition coefficient (Wildman–Crippen LogP) is 3.50. The molecule has 152 valence electrons. The highest BCUT2D eigenvalue weighted by Gasteiger charge is 2.28. The number of fused-ring (bicyclic) bond motifs is 1. The van der Waals surface area contributed by atoms with Crippen molar-refractivity contribution in [3.05, 3.63) is 18.2 Å². The maximum atomic E-state index is 11.1. The van der Waals surface area contributed by atoms with Gasteiger partial charge in [-0.05, 0) is 43.7 Å². The standard InChI is InChI=1S/C21H31N5O2/c1-2-4-15-7-9-16(10-8-15)25-11-13-26(14-12-25)21-23-17-5-3-6-18(19(17)24-21)28-20(22)27/h3,5-6,15-16H,2,4,7-14H2,1H3,(H2,22,27)(H,23,24). The summed E-state index contributed by atoms with van der Waals surface area (Å²) in [5.74, 6) is 2.19. The predicted molar refractivity (Wildman–Crippen MR) is 111 cm³/mol. The first kappa shape index (κ1) is 19.1. The van der Waals surface area contributed by atoms with E-state index >= 15 is 0 Å². The lowest BCUT2D eigenvalue weighted by molar-refractivity contribution is 0.126. The van der Waals surface area contributed by atoms with Crippen LogP contribution in [0.3, 0.4) is 0 Å². The van der Waals surface area contributed by atoms with Gasteiger partial charge in [-0.25, -0.2) is 9.78 Å². The Balaban J connectivity index is 1.37. The molecule has 0 unspecified atom stereocenters. The van der Waals surface area contributed by atoms with Gasteiger partial charge in [0.05, 0.1) is 5.52 Å². The van der Waals surface area contributed by atoms with Crippen molar-refractivity contribution in [1.29, 1.82) is 0 Å². The van der Waals surface area contributed by atoms with Gasteiger partial charge in [0, 0.05) is 32.2 Å². The number of aromatic amines is 1. The van der Waals surface area contributed by atoms with Gasteiger partial charge >= 0.3 is 6.09 Å². The average molecular weight is 386 g/mol. The summed E-state index contributed by atoms with van der Waals surface area (Å²) >= 11 is 0. The molecule has 1 saturated carbocycles. The Bertz CT molecular complexity index is 804. The third kappa shape index (κ3) is 4.09. The molecule has 2 aliphatic rings. The number of anilines is 1. The van der Waals surface area contributed by atoms with Crippen molar-refractivity contribution >= 4 is 23.1 Å². The molecule has 0 bridgehead atoms. The van der Waals surface area contributed by atoms with Crippen LogP contribution in [0.5, 0.6) is 5.75 Å². The van der Waals surface area contributed by atoms with Gasteiger partial charge in [0.1, 0.15) is 5.52 Å². The zero-order valence-electron chi connectivity index (χ0n) is 16.7. The maximum absolute atomic E-state index is 11.1. The first-order valence-electron chi connectivity index (χ1n) is 10.6. The SMILES string of the molecule is CCCC1CCC(N2CCN(c3nc4c(OC(N)=O)cccc4[nH]3)CC2)CC1. The van der Waals surface area contributed by atoms with Crippen LogP contribution in [0.15, 0.2) is 18.2 Å². The number of amides is 1. The number of nitrogens with zero attached hydrogens (tertiary/aromatic N) is 3.